The van der Waals surface area contributed by atoms with Crippen LogP contribution in [0.15, 0.2) is 53.5 Å². The lowest BCUT2D eigenvalue weighted by atomic mass is 10.0. The van der Waals surface area contributed by atoms with E-state index < -0.39 is 0 Å². The number of benzene rings is 2. The molecule has 0 unspecified atom stereocenters. The summed E-state index contributed by atoms with van der Waals surface area (Å²) in [4.78, 5) is 8.76. The topological polar surface area (TPSA) is 42.9 Å². The zero-order valence-corrected chi connectivity index (χ0v) is 17.7. The van der Waals surface area contributed by atoms with E-state index >= 15 is 0 Å². The first-order chi connectivity index (χ1) is 14.0. The quantitative estimate of drug-likeness (QED) is 0.580. The number of piperidine rings is 1. The average Bonchev–Trinajstić information content (AvgIpc) is 2.74. The first-order valence-electron chi connectivity index (χ1n) is 10.2. The van der Waals surface area contributed by atoms with Gasteiger partial charge in [-0.05, 0) is 56.8 Å². The van der Waals surface area contributed by atoms with Crippen molar-refractivity contribution in [3.05, 3.63) is 65.5 Å². The molecular formula is C23H32FN5. The van der Waals surface area contributed by atoms with Gasteiger partial charge in [-0.3, -0.25) is 4.99 Å². The second kappa shape index (κ2) is 10.3. The van der Waals surface area contributed by atoms with Crippen LogP contribution in [0.4, 0.5) is 10.1 Å². The van der Waals surface area contributed by atoms with Crippen molar-refractivity contribution in [1.29, 1.82) is 0 Å². The molecule has 1 aliphatic heterocycles. The van der Waals surface area contributed by atoms with Crippen LogP contribution in [0.25, 0.3) is 0 Å². The van der Waals surface area contributed by atoms with Gasteiger partial charge in [0.25, 0.3) is 0 Å². The van der Waals surface area contributed by atoms with Gasteiger partial charge in [-0.25, -0.2) is 4.39 Å². The second-order valence-corrected chi connectivity index (χ2v) is 7.83. The Bertz CT molecular complexity index is 798. The van der Waals surface area contributed by atoms with Gasteiger partial charge >= 0.3 is 0 Å². The molecule has 29 heavy (non-hydrogen) atoms. The second-order valence-electron chi connectivity index (χ2n) is 7.83. The summed E-state index contributed by atoms with van der Waals surface area (Å²) >= 11 is 0. The van der Waals surface area contributed by atoms with Crippen molar-refractivity contribution in [2.24, 2.45) is 4.99 Å². The van der Waals surface area contributed by atoms with Gasteiger partial charge in [0.15, 0.2) is 5.96 Å². The fourth-order valence-corrected chi connectivity index (χ4v) is 3.69. The lowest BCUT2D eigenvalue weighted by Crippen LogP contribution is -2.48. The highest BCUT2D eigenvalue weighted by molar-refractivity contribution is 5.80. The smallest absolute Gasteiger partial charge is 0.191 e. The van der Waals surface area contributed by atoms with Crippen LogP contribution in [0.3, 0.4) is 0 Å². The molecule has 5 nitrogen and oxygen atoms in total. The molecule has 1 saturated heterocycles. The van der Waals surface area contributed by atoms with E-state index in [0.717, 1.165) is 37.5 Å². The number of aliphatic imine (C=N–C) groups is 1. The number of nitrogens with zero attached hydrogens (tertiary/aromatic N) is 3. The average molecular weight is 398 g/mol. The number of hydrogen-bond donors (Lipinski definition) is 2. The Balaban J connectivity index is 1.49. The highest BCUT2D eigenvalue weighted by Crippen LogP contribution is 2.19. The van der Waals surface area contributed by atoms with Crippen molar-refractivity contribution in [2.45, 2.75) is 32.0 Å². The van der Waals surface area contributed by atoms with E-state index in [1.165, 1.54) is 5.69 Å². The van der Waals surface area contributed by atoms with Crippen molar-refractivity contribution >= 4 is 11.6 Å². The Kier molecular flexibility index (Phi) is 7.47. The standard InChI is InChI=1S/C23H32FN5/c1-25-23(26-16-18-9-10-22(24)19(15-18)17-28(2)3)27-20-11-13-29(14-12-20)21-7-5-4-6-8-21/h4-10,15,20H,11-14,16-17H2,1-3H3,(H2,25,26,27). The van der Waals surface area contributed by atoms with E-state index in [1.807, 2.05) is 31.1 Å². The van der Waals surface area contributed by atoms with Gasteiger partial charge in [-0.2, -0.15) is 0 Å². The molecule has 156 valence electrons. The molecule has 1 heterocycles. The number of guanidine groups is 1. The van der Waals surface area contributed by atoms with E-state index in [9.17, 15) is 4.39 Å². The third kappa shape index (κ3) is 6.19. The fraction of sp³-hybridized carbons (Fsp3) is 0.435. The summed E-state index contributed by atoms with van der Waals surface area (Å²) in [5.74, 6) is 0.636. The highest BCUT2D eigenvalue weighted by atomic mass is 19.1. The van der Waals surface area contributed by atoms with Crippen molar-refractivity contribution in [2.75, 3.05) is 39.1 Å². The third-order valence-electron chi connectivity index (χ3n) is 5.24. The molecule has 2 aromatic rings. The minimum atomic E-state index is -0.157. The molecule has 0 amide bonds. The van der Waals surface area contributed by atoms with Gasteiger partial charge in [0.1, 0.15) is 5.82 Å². The zero-order chi connectivity index (χ0) is 20.6. The molecule has 0 radical (unpaired) electrons. The molecule has 6 heteroatoms. The summed E-state index contributed by atoms with van der Waals surface area (Å²) in [5, 5.41) is 6.90. The number of nitrogens with one attached hydrogen (secondary N) is 2. The predicted molar refractivity (Wildman–Crippen MR) is 119 cm³/mol. The Hall–Kier alpha value is -2.60. The zero-order valence-electron chi connectivity index (χ0n) is 17.7. The van der Waals surface area contributed by atoms with Crippen molar-refractivity contribution in [3.63, 3.8) is 0 Å². The number of hydrogen-bond acceptors (Lipinski definition) is 3. The van der Waals surface area contributed by atoms with Gasteiger partial charge in [0, 0.05) is 50.5 Å². The summed E-state index contributed by atoms with van der Waals surface area (Å²) < 4.78 is 14.0. The van der Waals surface area contributed by atoms with Gasteiger partial charge in [-0.1, -0.05) is 24.3 Å². The first kappa shape index (κ1) is 21.1. The third-order valence-corrected chi connectivity index (χ3v) is 5.24. The molecule has 0 saturated carbocycles. The van der Waals surface area contributed by atoms with Crippen molar-refractivity contribution in [3.8, 4) is 0 Å². The van der Waals surface area contributed by atoms with Crippen LogP contribution in [0, 0.1) is 5.82 Å². The molecular weight excluding hydrogens is 365 g/mol. The first-order valence-corrected chi connectivity index (χ1v) is 10.2. The molecule has 0 bridgehead atoms. The van der Waals surface area contributed by atoms with Crippen LogP contribution in [-0.4, -0.2) is 51.1 Å². The van der Waals surface area contributed by atoms with Crippen LogP contribution in [0.1, 0.15) is 24.0 Å². The molecule has 3 rings (SSSR count). The summed E-state index contributed by atoms with van der Waals surface area (Å²) in [6.07, 6.45) is 2.14. The highest BCUT2D eigenvalue weighted by Gasteiger charge is 2.20. The van der Waals surface area contributed by atoms with E-state index in [-0.39, 0.29) is 5.82 Å². The summed E-state index contributed by atoms with van der Waals surface area (Å²) in [5.41, 5.74) is 3.05. The maximum absolute atomic E-state index is 14.0. The fourth-order valence-electron chi connectivity index (χ4n) is 3.69. The number of rotatable bonds is 6. The van der Waals surface area contributed by atoms with Gasteiger partial charge in [-0.15, -0.1) is 0 Å². The summed E-state index contributed by atoms with van der Waals surface area (Å²) in [7, 11) is 5.68. The SMILES string of the molecule is CN=C(NCc1ccc(F)c(CN(C)C)c1)NC1CCN(c2ccccc2)CC1. The molecule has 2 N–H and O–H groups in total. The van der Waals surface area contributed by atoms with Crippen LogP contribution < -0.4 is 15.5 Å². The van der Waals surface area contributed by atoms with Gasteiger partial charge < -0.3 is 20.4 Å². The molecule has 1 fully saturated rings. The predicted octanol–water partition coefficient (Wildman–Crippen LogP) is 3.22. The Morgan fingerprint density at radius 2 is 1.86 bits per heavy atom. The van der Waals surface area contributed by atoms with Crippen molar-refractivity contribution < 1.29 is 4.39 Å². The van der Waals surface area contributed by atoms with Gasteiger partial charge in [0.2, 0.25) is 0 Å². The van der Waals surface area contributed by atoms with Crippen LogP contribution in [0.2, 0.25) is 0 Å². The number of para-hydroxylation sites is 1. The van der Waals surface area contributed by atoms with Gasteiger partial charge in [0.05, 0.1) is 0 Å². The van der Waals surface area contributed by atoms with E-state index in [1.54, 1.807) is 13.1 Å². The molecule has 0 atom stereocenters. The molecule has 0 aromatic heterocycles. The monoisotopic (exact) mass is 397 g/mol. The number of halogens is 1. The van der Waals surface area contributed by atoms with Crippen LogP contribution in [0.5, 0.6) is 0 Å². The maximum atomic E-state index is 14.0. The normalized spacial score (nSPS) is 15.6. The Morgan fingerprint density at radius 3 is 2.52 bits per heavy atom. The largest absolute Gasteiger partial charge is 0.371 e. The minimum Gasteiger partial charge on any atom is -0.371 e. The van der Waals surface area contributed by atoms with Crippen LogP contribution in [-0.2, 0) is 13.1 Å². The van der Waals surface area contributed by atoms with E-state index in [4.69, 9.17) is 0 Å². The number of anilines is 1. The molecule has 1 aliphatic rings. The van der Waals surface area contributed by atoms with E-state index in [0.29, 0.717) is 24.7 Å². The van der Waals surface area contributed by atoms with Crippen molar-refractivity contribution in [1.82, 2.24) is 15.5 Å². The molecule has 0 aliphatic carbocycles. The Morgan fingerprint density at radius 1 is 1.14 bits per heavy atom. The summed E-state index contributed by atoms with van der Waals surface area (Å²) in [6, 6.07) is 16.3. The van der Waals surface area contributed by atoms with E-state index in [2.05, 4.69) is 50.9 Å². The molecule has 2 aromatic carbocycles. The molecule has 0 spiro atoms. The minimum absolute atomic E-state index is 0.157. The maximum Gasteiger partial charge on any atom is 0.191 e. The Labute approximate surface area is 173 Å². The van der Waals surface area contributed by atoms with Crippen LogP contribution >= 0.6 is 0 Å². The lowest BCUT2D eigenvalue weighted by molar-refractivity contribution is 0.392. The summed E-state index contributed by atoms with van der Waals surface area (Å²) in [6.45, 7) is 3.27. The lowest BCUT2D eigenvalue weighted by Gasteiger charge is -2.34.